The van der Waals surface area contributed by atoms with Crippen LogP contribution in [0.15, 0.2) is 30.3 Å². The summed E-state index contributed by atoms with van der Waals surface area (Å²) in [4.78, 5) is 44.6. The summed E-state index contributed by atoms with van der Waals surface area (Å²) in [6.45, 7) is 3.95. The lowest BCUT2D eigenvalue weighted by Gasteiger charge is -2.34. The van der Waals surface area contributed by atoms with Gasteiger partial charge in [-0.3, -0.25) is 14.5 Å². The minimum atomic E-state index is -1.82. The van der Waals surface area contributed by atoms with Crippen LogP contribution in [0.5, 0.6) is 0 Å². The Bertz CT molecular complexity index is 613. The van der Waals surface area contributed by atoms with E-state index >= 15 is 0 Å². The van der Waals surface area contributed by atoms with Crippen molar-refractivity contribution in [2.45, 2.75) is 19.4 Å². The second kappa shape index (κ2) is 10.8. The number of benzene rings is 1. The average Bonchev–Trinajstić information content (AvgIpc) is 2.61. The number of nitrogens with zero attached hydrogens (tertiary/aromatic N) is 2. The van der Waals surface area contributed by atoms with E-state index < -0.39 is 17.9 Å². The molecule has 0 unspecified atom stereocenters. The Labute approximate surface area is 150 Å². The van der Waals surface area contributed by atoms with Crippen LogP contribution >= 0.6 is 0 Å². The Balaban J connectivity index is 0.000000487. The lowest BCUT2D eigenvalue weighted by atomic mass is 10.2. The van der Waals surface area contributed by atoms with Gasteiger partial charge in [0.05, 0.1) is 6.42 Å². The van der Waals surface area contributed by atoms with Crippen LogP contribution in [0.1, 0.15) is 18.4 Å². The summed E-state index contributed by atoms with van der Waals surface area (Å²) in [7, 11) is 0. The topological polar surface area (TPSA) is 135 Å². The van der Waals surface area contributed by atoms with Crippen LogP contribution < -0.4 is 0 Å². The average molecular weight is 366 g/mol. The highest BCUT2D eigenvalue weighted by atomic mass is 16.4. The second-order valence-electron chi connectivity index (χ2n) is 5.65. The highest BCUT2D eigenvalue weighted by molar-refractivity contribution is 6.27. The van der Waals surface area contributed by atoms with E-state index in [-0.39, 0.29) is 18.7 Å². The SMILES string of the molecule is O=C(O)C(=O)O.O=C(O)CCC(=O)N1CCN(Cc2ccccc2)CC1. The lowest BCUT2D eigenvalue weighted by molar-refractivity contribution is -0.159. The molecule has 1 fully saturated rings. The molecule has 1 aliphatic rings. The number of aliphatic carboxylic acids is 3. The van der Waals surface area contributed by atoms with Crippen LogP contribution in [0.4, 0.5) is 0 Å². The molecule has 142 valence electrons. The molecule has 9 heteroatoms. The van der Waals surface area contributed by atoms with Gasteiger partial charge < -0.3 is 20.2 Å². The maximum absolute atomic E-state index is 11.8. The number of hydrogen-bond acceptors (Lipinski definition) is 5. The third-order valence-corrected chi connectivity index (χ3v) is 3.71. The van der Waals surface area contributed by atoms with Crippen molar-refractivity contribution < 1.29 is 34.5 Å². The van der Waals surface area contributed by atoms with E-state index in [2.05, 4.69) is 17.0 Å². The molecule has 0 aliphatic carbocycles. The van der Waals surface area contributed by atoms with Crippen LogP contribution in [0, 0.1) is 0 Å². The van der Waals surface area contributed by atoms with Crippen LogP contribution in [-0.4, -0.2) is 75.1 Å². The summed E-state index contributed by atoms with van der Waals surface area (Å²) >= 11 is 0. The third kappa shape index (κ3) is 8.25. The van der Waals surface area contributed by atoms with Gasteiger partial charge in [-0.05, 0) is 5.56 Å². The van der Waals surface area contributed by atoms with Gasteiger partial charge in [-0.2, -0.15) is 0 Å². The standard InChI is InChI=1S/C15H20N2O3.C2H2O4/c18-14(6-7-15(19)20)17-10-8-16(9-11-17)12-13-4-2-1-3-5-13;3-1(4)2(5)6/h1-5H,6-12H2,(H,19,20);(H,3,4)(H,5,6). The van der Waals surface area contributed by atoms with Crippen molar-refractivity contribution in [2.24, 2.45) is 0 Å². The molecule has 0 spiro atoms. The quantitative estimate of drug-likeness (QED) is 0.635. The van der Waals surface area contributed by atoms with Gasteiger partial charge in [0.2, 0.25) is 5.91 Å². The normalized spacial score (nSPS) is 14.1. The Kier molecular flexibility index (Phi) is 8.79. The van der Waals surface area contributed by atoms with Crippen molar-refractivity contribution in [1.29, 1.82) is 0 Å². The monoisotopic (exact) mass is 366 g/mol. The summed E-state index contributed by atoms with van der Waals surface area (Å²) in [6, 6.07) is 10.3. The number of hydrogen-bond donors (Lipinski definition) is 3. The highest BCUT2D eigenvalue weighted by Gasteiger charge is 2.21. The predicted molar refractivity (Wildman–Crippen MR) is 90.4 cm³/mol. The van der Waals surface area contributed by atoms with E-state index in [9.17, 15) is 9.59 Å². The van der Waals surface area contributed by atoms with Crippen LogP contribution in [0.2, 0.25) is 0 Å². The Morgan fingerprint density at radius 1 is 0.808 bits per heavy atom. The van der Waals surface area contributed by atoms with E-state index in [0.29, 0.717) is 13.1 Å². The maximum Gasteiger partial charge on any atom is 0.414 e. The fourth-order valence-corrected chi connectivity index (χ4v) is 2.37. The maximum atomic E-state index is 11.8. The first kappa shape index (κ1) is 21.1. The number of carbonyl (C=O) groups excluding carboxylic acids is 1. The molecule has 2 rings (SSSR count). The van der Waals surface area contributed by atoms with Crippen molar-refractivity contribution >= 4 is 23.8 Å². The molecule has 0 atom stereocenters. The van der Waals surface area contributed by atoms with Crippen molar-refractivity contribution in [3.05, 3.63) is 35.9 Å². The van der Waals surface area contributed by atoms with Crippen LogP contribution in [-0.2, 0) is 25.7 Å². The van der Waals surface area contributed by atoms with Gasteiger partial charge in [-0.1, -0.05) is 30.3 Å². The highest BCUT2D eigenvalue weighted by Crippen LogP contribution is 2.09. The van der Waals surface area contributed by atoms with Gasteiger partial charge in [-0.15, -0.1) is 0 Å². The van der Waals surface area contributed by atoms with E-state index in [1.54, 1.807) is 4.90 Å². The summed E-state index contributed by atoms with van der Waals surface area (Å²) in [5.74, 6) is -4.61. The summed E-state index contributed by atoms with van der Waals surface area (Å²) in [5.41, 5.74) is 1.28. The molecule has 1 saturated heterocycles. The van der Waals surface area contributed by atoms with E-state index in [1.807, 2.05) is 18.2 Å². The molecule has 0 radical (unpaired) electrons. The third-order valence-electron chi connectivity index (χ3n) is 3.71. The number of carboxylic acids is 3. The molecule has 1 aromatic rings. The molecule has 1 heterocycles. The van der Waals surface area contributed by atoms with Gasteiger partial charge in [0.25, 0.3) is 0 Å². The Morgan fingerprint density at radius 3 is 1.81 bits per heavy atom. The molecule has 3 N–H and O–H groups in total. The smallest absolute Gasteiger partial charge is 0.414 e. The first-order chi connectivity index (χ1) is 12.3. The molecule has 0 bridgehead atoms. The molecule has 1 aromatic carbocycles. The van der Waals surface area contributed by atoms with Crippen molar-refractivity contribution in [3.63, 3.8) is 0 Å². The van der Waals surface area contributed by atoms with Crippen molar-refractivity contribution in [1.82, 2.24) is 9.80 Å². The molecule has 0 saturated carbocycles. The van der Waals surface area contributed by atoms with Gasteiger partial charge >= 0.3 is 17.9 Å². The predicted octanol–water partition coefficient (Wildman–Crippen LogP) is 0.351. The number of carbonyl (C=O) groups is 4. The van der Waals surface area contributed by atoms with E-state index in [0.717, 1.165) is 19.6 Å². The number of piperazine rings is 1. The zero-order valence-electron chi connectivity index (χ0n) is 14.2. The second-order valence-corrected chi connectivity index (χ2v) is 5.65. The summed E-state index contributed by atoms with van der Waals surface area (Å²) in [5, 5.41) is 23.4. The molecule has 0 aromatic heterocycles. The zero-order valence-corrected chi connectivity index (χ0v) is 14.2. The molecule has 1 amide bonds. The first-order valence-electron chi connectivity index (χ1n) is 8.01. The molecular weight excluding hydrogens is 344 g/mol. The summed E-state index contributed by atoms with van der Waals surface area (Å²) in [6.07, 6.45) is 0.0249. The Morgan fingerprint density at radius 2 is 1.35 bits per heavy atom. The molecular formula is C17H22N2O7. The van der Waals surface area contributed by atoms with Gasteiger partial charge in [0, 0.05) is 39.1 Å². The molecule has 26 heavy (non-hydrogen) atoms. The molecule has 1 aliphatic heterocycles. The number of rotatable bonds is 5. The fraction of sp³-hybridized carbons (Fsp3) is 0.412. The number of amides is 1. The number of carboxylic acid groups (broad SMARTS) is 3. The fourth-order valence-electron chi connectivity index (χ4n) is 2.37. The van der Waals surface area contributed by atoms with E-state index in [1.165, 1.54) is 5.56 Å². The van der Waals surface area contributed by atoms with Crippen LogP contribution in [0.25, 0.3) is 0 Å². The molecule has 9 nitrogen and oxygen atoms in total. The van der Waals surface area contributed by atoms with Gasteiger partial charge in [0.15, 0.2) is 0 Å². The lowest BCUT2D eigenvalue weighted by Crippen LogP contribution is -2.48. The zero-order chi connectivity index (χ0) is 19.5. The van der Waals surface area contributed by atoms with Gasteiger partial charge in [-0.25, -0.2) is 9.59 Å². The minimum absolute atomic E-state index is 0.0493. The van der Waals surface area contributed by atoms with Crippen molar-refractivity contribution in [2.75, 3.05) is 26.2 Å². The van der Waals surface area contributed by atoms with E-state index in [4.69, 9.17) is 24.9 Å². The van der Waals surface area contributed by atoms with Crippen LogP contribution in [0.3, 0.4) is 0 Å². The van der Waals surface area contributed by atoms with Gasteiger partial charge in [0.1, 0.15) is 0 Å². The van der Waals surface area contributed by atoms with Crippen molar-refractivity contribution in [3.8, 4) is 0 Å². The Hall–Kier alpha value is -2.94. The largest absolute Gasteiger partial charge is 0.481 e. The first-order valence-corrected chi connectivity index (χ1v) is 8.01. The summed E-state index contributed by atoms with van der Waals surface area (Å²) < 4.78 is 0. The minimum Gasteiger partial charge on any atom is -0.481 e.